The van der Waals surface area contributed by atoms with Crippen molar-refractivity contribution in [3.05, 3.63) is 28.0 Å². The van der Waals surface area contributed by atoms with Crippen LogP contribution in [0.4, 0.5) is 5.88 Å². The van der Waals surface area contributed by atoms with Gasteiger partial charge in [-0.15, -0.1) is 0 Å². The summed E-state index contributed by atoms with van der Waals surface area (Å²) in [6.07, 6.45) is 0.0741. The van der Waals surface area contributed by atoms with E-state index in [1.807, 2.05) is 6.07 Å². The van der Waals surface area contributed by atoms with Crippen molar-refractivity contribution in [2.24, 2.45) is 5.73 Å². The van der Waals surface area contributed by atoms with Crippen molar-refractivity contribution in [2.75, 3.05) is 0 Å². The zero-order valence-electron chi connectivity index (χ0n) is 6.64. The SMILES string of the molecule is N#CC[C@@H](N)c1ccc([N+](=O)[O-])o1. The standard InChI is InChI=1S/C7H7N3O3/c8-4-3-5(9)6-1-2-7(13-6)10(11)12/h1-2,5H,3,9H2/t5-/m1/s1. The van der Waals surface area contributed by atoms with E-state index in [9.17, 15) is 10.1 Å². The molecule has 0 bridgehead atoms. The van der Waals surface area contributed by atoms with Gasteiger partial charge in [0.15, 0.2) is 0 Å². The van der Waals surface area contributed by atoms with Gasteiger partial charge in [-0.1, -0.05) is 0 Å². The first-order chi connectivity index (χ1) is 6.15. The minimum absolute atomic E-state index is 0.0741. The van der Waals surface area contributed by atoms with E-state index in [1.165, 1.54) is 12.1 Å². The molecule has 1 rings (SSSR count). The maximum Gasteiger partial charge on any atom is 0.433 e. The largest absolute Gasteiger partial charge is 0.433 e. The van der Waals surface area contributed by atoms with Crippen molar-refractivity contribution < 1.29 is 9.34 Å². The van der Waals surface area contributed by atoms with E-state index in [1.54, 1.807) is 0 Å². The molecular formula is C7H7N3O3. The van der Waals surface area contributed by atoms with Gasteiger partial charge in [0, 0.05) is 0 Å². The molecule has 0 aliphatic rings. The number of hydrogen-bond acceptors (Lipinski definition) is 5. The molecule has 0 unspecified atom stereocenters. The topological polar surface area (TPSA) is 106 Å². The van der Waals surface area contributed by atoms with Crippen molar-refractivity contribution in [1.29, 1.82) is 5.26 Å². The Kier molecular flexibility index (Phi) is 2.62. The molecule has 2 N–H and O–H groups in total. The van der Waals surface area contributed by atoms with Crippen LogP contribution in [0.1, 0.15) is 18.2 Å². The number of nitro groups is 1. The highest BCUT2D eigenvalue weighted by molar-refractivity contribution is 5.20. The molecule has 0 saturated heterocycles. The van der Waals surface area contributed by atoms with Gasteiger partial charge >= 0.3 is 5.88 Å². The van der Waals surface area contributed by atoms with Gasteiger partial charge in [-0.05, 0) is 6.07 Å². The Morgan fingerprint density at radius 1 is 1.77 bits per heavy atom. The summed E-state index contributed by atoms with van der Waals surface area (Å²) in [6.45, 7) is 0. The highest BCUT2D eigenvalue weighted by Crippen LogP contribution is 2.21. The Hall–Kier alpha value is -1.87. The quantitative estimate of drug-likeness (QED) is 0.555. The summed E-state index contributed by atoms with van der Waals surface area (Å²) >= 11 is 0. The molecule has 1 atom stereocenters. The number of hydrogen-bond donors (Lipinski definition) is 1. The first kappa shape index (κ1) is 9.22. The Balaban J connectivity index is 2.80. The van der Waals surface area contributed by atoms with Crippen molar-refractivity contribution in [2.45, 2.75) is 12.5 Å². The second-order valence-corrected chi connectivity index (χ2v) is 2.40. The molecule has 0 aliphatic carbocycles. The van der Waals surface area contributed by atoms with Crippen LogP contribution in [-0.4, -0.2) is 4.92 Å². The molecule has 0 aromatic carbocycles. The van der Waals surface area contributed by atoms with E-state index < -0.39 is 11.0 Å². The van der Waals surface area contributed by atoms with E-state index in [2.05, 4.69) is 0 Å². The summed E-state index contributed by atoms with van der Waals surface area (Å²) in [5, 5.41) is 18.5. The van der Waals surface area contributed by atoms with Crippen LogP contribution in [0.25, 0.3) is 0 Å². The van der Waals surface area contributed by atoms with Crippen LogP contribution in [0.15, 0.2) is 16.5 Å². The molecule has 1 aromatic rings. The molecule has 0 amide bonds. The number of rotatable bonds is 3. The molecular weight excluding hydrogens is 174 g/mol. The van der Waals surface area contributed by atoms with Crippen molar-refractivity contribution in [3.63, 3.8) is 0 Å². The van der Waals surface area contributed by atoms with E-state index in [4.69, 9.17) is 15.4 Å². The Morgan fingerprint density at radius 3 is 2.92 bits per heavy atom. The van der Waals surface area contributed by atoms with E-state index in [0.29, 0.717) is 0 Å². The molecule has 6 heteroatoms. The summed E-state index contributed by atoms with van der Waals surface area (Å²) < 4.78 is 4.78. The fraction of sp³-hybridized carbons (Fsp3) is 0.286. The number of furan rings is 1. The first-order valence-corrected chi connectivity index (χ1v) is 3.52. The molecule has 1 heterocycles. The van der Waals surface area contributed by atoms with Crippen LogP contribution < -0.4 is 5.73 Å². The highest BCUT2D eigenvalue weighted by atomic mass is 16.6. The molecule has 0 aliphatic heterocycles. The van der Waals surface area contributed by atoms with Crippen LogP contribution in [0, 0.1) is 21.4 Å². The second kappa shape index (κ2) is 3.69. The lowest BCUT2D eigenvalue weighted by Crippen LogP contribution is -2.07. The average molecular weight is 181 g/mol. The molecule has 0 spiro atoms. The first-order valence-electron chi connectivity index (χ1n) is 3.52. The predicted molar refractivity (Wildman–Crippen MR) is 42.5 cm³/mol. The molecule has 13 heavy (non-hydrogen) atoms. The van der Waals surface area contributed by atoms with Crippen molar-refractivity contribution in [1.82, 2.24) is 0 Å². The van der Waals surface area contributed by atoms with Gasteiger partial charge in [0.05, 0.1) is 24.6 Å². The summed E-state index contributed by atoms with van der Waals surface area (Å²) in [4.78, 5) is 9.55. The second-order valence-electron chi connectivity index (χ2n) is 2.40. The molecule has 0 fully saturated rings. The zero-order valence-corrected chi connectivity index (χ0v) is 6.64. The van der Waals surface area contributed by atoms with Gasteiger partial charge in [0.2, 0.25) is 0 Å². The Labute approximate surface area is 73.7 Å². The molecule has 68 valence electrons. The number of nitrogens with two attached hydrogens (primary N) is 1. The van der Waals surface area contributed by atoms with E-state index in [-0.39, 0.29) is 18.1 Å². The third-order valence-corrected chi connectivity index (χ3v) is 1.47. The smallest absolute Gasteiger partial charge is 0.404 e. The molecule has 0 radical (unpaired) electrons. The minimum atomic E-state index is -0.650. The van der Waals surface area contributed by atoms with Crippen LogP contribution in [-0.2, 0) is 0 Å². The maximum absolute atomic E-state index is 10.2. The maximum atomic E-state index is 10.2. The predicted octanol–water partition coefficient (Wildman–Crippen LogP) is 1.10. The zero-order chi connectivity index (χ0) is 9.84. The van der Waals surface area contributed by atoms with Gasteiger partial charge in [-0.25, -0.2) is 0 Å². The van der Waals surface area contributed by atoms with Gasteiger partial charge < -0.3 is 10.2 Å². The average Bonchev–Trinajstić information content (AvgIpc) is 2.52. The fourth-order valence-corrected chi connectivity index (χ4v) is 0.839. The van der Waals surface area contributed by atoms with Gasteiger partial charge in [0.25, 0.3) is 0 Å². The summed E-state index contributed by atoms with van der Waals surface area (Å²) in [7, 11) is 0. The van der Waals surface area contributed by atoms with E-state index in [0.717, 1.165) is 0 Å². The summed E-state index contributed by atoms with van der Waals surface area (Å²) in [6, 6.07) is 3.87. The lowest BCUT2D eigenvalue weighted by atomic mass is 10.2. The molecule has 6 nitrogen and oxygen atoms in total. The van der Waals surface area contributed by atoms with Crippen LogP contribution in [0.5, 0.6) is 0 Å². The van der Waals surface area contributed by atoms with Crippen LogP contribution >= 0.6 is 0 Å². The van der Waals surface area contributed by atoms with Crippen LogP contribution in [0.2, 0.25) is 0 Å². The van der Waals surface area contributed by atoms with E-state index >= 15 is 0 Å². The lowest BCUT2D eigenvalue weighted by molar-refractivity contribution is -0.402. The van der Waals surface area contributed by atoms with Crippen molar-refractivity contribution >= 4 is 5.88 Å². The fourth-order valence-electron chi connectivity index (χ4n) is 0.839. The van der Waals surface area contributed by atoms with Gasteiger partial charge in [0.1, 0.15) is 10.7 Å². The highest BCUT2D eigenvalue weighted by Gasteiger charge is 2.16. The molecule has 1 aromatic heterocycles. The Morgan fingerprint density at radius 2 is 2.46 bits per heavy atom. The van der Waals surface area contributed by atoms with Crippen LogP contribution in [0.3, 0.4) is 0 Å². The summed E-state index contributed by atoms with van der Waals surface area (Å²) in [5.41, 5.74) is 5.48. The van der Waals surface area contributed by atoms with Gasteiger partial charge in [-0.3, -0.25) is 10.1 Å². The Bertz CT molecular complexity index is 352. The normalized spacial score (nSPS) is 12.0. The molecule has 0 saturated carbocycles. The number of nitriles is 1. The monoisotopic (exact) mass is 181 g/mol. The van der Waals surface area contributed by atoms with Crippen molar-refractivity contribution in [3.8, 4) is 6.07 Å². The summed E-state index contributed by atoms with van der Waals surface area (Å²) in [5.74, 6) is -0.100. The third kappa shape index (κ3) is 2.04. The minimum Gasteiger partial charge on any atom is -0.404 e. The van der Waals surface area contributed by atoms with Gasteiger partial charge in [-0.2, -0.15) is 5.26 Å². The lowest BCUT2D eigenvalue weighted by Gasteiger charge is -2.00. The number of nitrogens with zero attached hydrogens (tertiary/aromatic N) is 2. The third-order valence-electron chi connectivity index (χ3n) is 1.47.